The number of nitrogens with zero attached hydrogens (tertiary/aromatic N) is 1. The van der Waals surface area contributed by atoms with E-state index in [0.29, 0.717) is 36.9 Å². The topological polar surface area (TPSA) is 93.9 Å². The third-order valence-electron chi connectivity index (χ3n) is 4.56. The van der Waals surface area contributed by atoms with E-state index in [2.05, 4.69) is 5.32 Å². The van der Waals surface area contributed by atoms with Crippen molar-refractivity contribution in [1.29, 1.82) is 0 Å². The van der Waals surface area contributed by atoms with Crippen LogP contribution in [0.5, 0.6) is 11.5 Å². The normalized spacial score (nSPS) is 13.5. The SMILES string of the molecule is CCN(CC(=O)Nc1ccc2c(c1)OCCO2)C(=O)C(N)c1ccc(C)cc1. The minimum Gasteiger partial charge on any atom is -0.486 e. The van der Waals surface area contributed by atoms with Gasteiger partial charge in [-0.15, -0.1) is 0 Å². The van der Waals surface area contributed by atoms with Gasteiger partial charge in [0.2, 0.25) is 11.8 Å². The van der Waals surface area contributed by atoms with Gasteiger partial charge in [0.15, 0.2) is 11.5 Å². The number of ether oxygens (including phenoxy) is 2. The average Bonchev–Trinajstić information content (AvgIpc) is 2.71. The van der Waals surface area contributed by atoms with E-state index in [0.717, 1.165) is 11.1 Å². The van der Waals surface area contributed by atoms with Crippen LogP contribution in [0.15, 0.2) is 42.5 Å². The fourth-order valence-corrected chi connectivity index (χ4v) is 2.95. The quantitative estimate of drug-likeness (QED) is 0.798. The molecule has 0 radical (unpaired) electrons. The Labute approximate surface area is 164 Å². The standard InChI is InChI=1S/C21H25N3O4/c1-3-24(21(26)20(22)15-6-4-14(2)5-7-15)13-19(25)23-16-8-9-17-18(12-16)28-11-10-27-17/h4-9,12,20H,3,10-11,13,22H2,1-2H3,(H,23,25). The first-order chi connectivity index (χ1) is 13.5. The zero-order valence-electron chi connectivity index (χ0n) is 16.1. The number of rotatable bonds is 6. The van der Waals surface area contributed by atoms with E-state index in [-0.39, 0.29) is 18.4 Å². The van der Waals surface area contributed by atoms with Crippen molar-refractivity contribution in [1.82, 2.24) is 4.90 Å². The molecule has 0 aromatic heterocycles. The summed E-state index contributed by atoms with van der Waals surface area (Å²) in [5.41, 5.74) is 8.52. The highest BCUT2D eigenvalue weighted by Crippen LogP contribution is 2.32. The lowest BCUT2D eigenvalue weighted by Crippen LogP contribution is -2.42. The molecule has 1 heterocycles. The summed E-state index contributed by atoms with van der Waals surface area (Å²) in [7, 11) is 0. The van der Waals surface area contributed by atoms with Crippen LogP contribution in [-0.4, -0.2) is 43.0 Å². The molecule has 148 valence electrons. The summed E-state index contributed by atoms with van der Waals surface area (Å²) in [6.45, 7) is 5.07. The summed E-state index contributed by atoms with van der Waals surface area (Å²) in [4.78, 5) is 26.6. The predicted molar refractivity (Wildman–Crippen MR) is 106 cm³/mol. The van der Waals surface area contributed by atoms with Gasteiger partial charge in [-0.3, -0.25) is 9.59 Å². The smallest absolute Gasteiger partial charge is 0.244 e. The van der Waals surface area contributed by atoms with Crippen LogP contribution in [0.3, 0.4) is 0 Å². The predicted octanol–water partition coefficient (Wildman–Crippen LogP) is 2.25. The number of aryl methyl sites for hydroxylation is 1. The second-order valence-electron chi connectivity index (χ2n) is 6.65. The Morgan fingerprint density at radius 2 is 1.79 bits per heavy atom. The van der Waals surface area contributed by atoms with Gasteiger partial charge in [-0.2, -0.15) is 0 Å². The summed E-state index contributed by atoms with van der Waals surface area (Å²) >= 11 is 0. The van der Waals surface area contributed by atoms with Crippen LogP contribution in [0.2, 0.25) is 0 Å². The van der Waals surface area contributed by atoms with E-state index in [4.69, 9.17) is 15.2 Å². The number of benzene rings is 2. The summed E-state index contributed by atoms with van der Waals surface area (Å²) < 4.78 is 11.0. The average molecular weight is 383 g/mol. The third-order valence-corrected chi connectivity index (χ3v) is 4.56. The second kappa shape index (κ2) is 8.75. The van der Waals surface area contributed by atoms with Crippen LogP contribution in [0.1, 0.15) is 24.1 Å². The molecule has 7 nitrogen and oxygen atoms in total. The Bertz CT molecular complexity index is 851. The van der Waals surface area contributed by atoms with Crippen LogP contribution in [-0.2, 0) is 9.59 Å². The number of fused-ring (bicyclic) bond motifs is 1. The minimum absolute atomic E-state index is 0.0800. The van der Waals surface area contributed by atoms with Gasteiger partial charge in [0.25, 0.3) is 0 Å². The largest absolute Gasteiger partial charge is 0.486 e. The zero-order valence-corrected chi connectivity index (χ0v) is 16.1. The van der Waals surface area contributed by atoms with Gasteiger partial charge in [0.1, 0.15) is 19.3 Å². The molecule has 0 saturated carbocycles. The maximum absolute atomic E-state index is 12.7. The van der Waals surface area contributed by atoms with Crippen LogP contribution in [0.25, 0.3) is 0 Å². The monoisotopic (exact) mass is 383 g/mol. The number of carbonyl (C=O) groups excluding carboxylic acids is 2. The summed E-state index contributed by atoms with van der Waals surface area (Å²) in [5.74, 6) is 0.652. The number of amides is 2. The van der Waals surface area contributed by atoms with Gasteiger partial charge >= 0.3 is 0 Å². The third kappa shape index (κ3) is 4.61. The highest BCUT2D eigenvalue weighted by atomic mass is 16.6. The van der Waals surface area contributed by atoms with Gasteiger partial charge in [-0.25, -0.2) is 0 Å². The van der Waals surface area contributed by atoms with E-state index in [9.17, 15) is 9.59 Å². The Balaban J connectivity index is 1.62. The van der Waals surface area contributed by atoms with Gasteiger partial charge in [0, 0.05) is 18.3 Å². The first kappa shape index (κ1) is 19.7. The number of likely N-dealkylation sites (N-methyl/N-ethyl adjacent to an activating group) is 1. The summed E-state index contributed by atoms with van der Waals surface area (Å²) in [6, 6.07) is 11.9. The molecule has 0 spiro atoms. The molecule has 0 bridgehead atoms. The molecule has 2 aromatic carbocycles. The molecule has 0 aliphatic carbocycles. The van der Waals surface area contributed by atoms with E-state index in [1.165, 1.54) is 4.90 Å². The maximum Gasteiger partial charge on any atom is 0.244 e. The Morgan fingerprint density at radius 3 is 2.46 bits per heavy atom. The van der Waals surface area contributed by atoms with Crippen molar-refractivity contribution in [3.05, 3.63) is 53.6 Å². The zero-order chi connectivity index (χ0) is 20.1. The molecule has 28 heavy (non-hydrogen) atoms. The lowest BCUT2D eigenvalue weighted by atomic mass is 10.0. The number of hydrogen-bond donors (Lipinski definition) is 2. The number of nitrogens with two attached hydrogens (primary N) is 1. The van der Waals surface area contributed by atoms with Crippen molar-refractivity contribution in [2.45, 2.75) is 19.9 Å². The molecule has 3 rings (SSSR count). The minimum atomic E-state index is -0.803. The molecule has 3 N–H and O–H groups in total. The highest BCUT2D eigenvalue weighted by Gasteiger charge is 2.23. The van der Waals surface area contributed by atoms with E-state index in [1.807, 2.05) is 38.1 Å². The number of carbonyl (C=O) groups is 2. The first-order valence-electron chi connectivity index (χ1n) is 9.28. The van der Waals surface area contributed by atoms with E-state index >= 15 is 0 Å². The molecule has 0 fully saturated rings. The molecule has 1 aliphatic rings. The highest BCUT2D eigenvalue weighted by molar-refractivity contribution is 5.95. The Hall–Kier alpha value is -3.06. The summed E-state index contributed by atoms with van der Waals surface area (Å²) in [5, 5.41) is 2.79. The lowest BCUT2D eigenvalue weighted by Gasteiger charge is -2.24. The molecule has 0 saturated heterocycles. The Morgan fingerprint density at radius 1 is 1.11 bits per heavy atom. The van der Waals surface area contributed by atoms with Gasteiger partial charge in [-0.05, 0) is 31.5 Å². The lowest BCUT2D eigenvalue weighted by molar-refractivity contribution is -0.135. The molecule has 1 atom stereocenters. The molecular formula is C21H25N3O4. The van der Waals surface area contributed by atoms with E-state index in [1.54, 1.807) is 18.2 Å². The van der Waals surface area contributed by atoms with Gasteiger partial charge in [0.05, 0.1) is 6.54 Å². The van der Waals surface area contributed by atoms with Crippen molar-refractivity contribution >= 4 is 17.5 Å². The summed E-state index contributed by atoms with van der Waals surface area (Å²) in [6.07, 6.45) is 0. The molecular weight excluding hydrogens is 358 g/mol. The van der Waals surface area contributed by atoms with Gasteiger partial charge in [-0.1, -0.05) is 29.8 Å². The van der Waals surface area contributed by atoms with Crippen molar-refractivity contribution in [2.24, 2.45) is 5.73 Å². The Kier molecular flexibility index (Phi) is 6.16. The van der Waals surface area contributed by atoms with Crippen molar-refractivity contribution < 1.29 is 19.1 Å². The van der Waals surface area contributed by atoms with Gasteiger partial charge < -0.3 is 25.4 Å². The van der Waals surface area contributed by atoms with Crippen molar-refractivity contribution in [3.8, 4) is 11.5 Å². The van der Waals surface area contributed by atoms with Crippen LogP contribution in [0.4, 0.5) is 5.69 Å². The molecule has 2 aromatic rings. The maximum atomic E-state index is 12.7. The van der Waals surface area contributed by atoms with Crippen LogP contribution in [0, 0.1) is 6.92 Å². The van der Waals surface area contributed by atoms with E-state index < -0.39 is 6.04 Å². The number of anilines is 1. The molecule has 2 amide bonds. The molecule has 1 unspecified atom stereocenters. The fourth-order valence-electron chi connectivity index (χ4n) is 2.95. The van der Waals surface area contributed by atoms with Crippen molar-refractivity contribution in [3.63, 3.8) is 0 Å². The molecule has 1 aliphatic heterocycles. The first-order valence-corrected chi connectivity index (χ1v) is 9.28. The van der Waals surface area contributed by atoms with Crippen LogP contribution < -0.4 is 20.5 Å². The number of hydrogen-bond acceptors (Lipinski definition) is 5. The second-order valence-corrected chi connectivity index (χ2v) is 6.65. The fraction of sp³-hybridized carbons (Fsp3) is 0.333. The number of nitrogens with one attached hydrogen (secondary N) is 1. The molecule has 7 heteroatoms. The van der Waals surface area contributed by atoms with Crippen LogP contribution >= 0.6 is 0 Å². The van der Waals surface area contributed by atoms with Crippen molar-refractivity contribution in [2.75, 3.05) is 31.6 Å².